The van der Waals surface area contributed by atoms with Crippen molar-refractivity contribution in [2.24, 2.45) is 11.7 Å². The van der Waals surface area contributed by atoms with Gasteiger partial charge in [0.1, 0.15) is 0 Å². The third kappa shape index (κ3) is 2.25. The molecule has 2 atom stereocenters. The third-order valence-electron chi connectivity index (χ3n) is 3.38. The molecule has 86 valence electrons. The minimum absolute atomic E-state index is 0.0293. The molecule has 0 unspecified atom stereocenters. The van der Waals surface area contributed by atoms with E-state index in [9.17, 15) is 4.79 Å². The second kappa shape index (κ2) is 4.66. The Morgan fingerprint density at radius 1 is 1.38 bits per heavy atom. The van der Waals surface area contributed by atoms with Gasteiger partial charge in [0.05, 0.1) is 5.92 Å². The number of amides is 1. The van der Waals surface area contributed by atoms with Crippen LogP contribution in [0.5, 0.6) is 0 Å². The van der Waals surface area contributed by atoms with Gasteiger partial charge in [-0.2, -0.15) is 0 Å². The number of primary amides is 1. The smallest absolute Gasteiger partial charge is 0.221 e. The van der Waals surface area contributed by atoms with E-state index in [-0.39, 0.29) is 11.8 Å². The summed E-state index contributed by atoms with van der Waals surface area (Å²) in [5.41, 5.74) is 7.99. The monoisotopic (exact) mass is 218 g/mol. The van der Waals surface area contributed by atoms with E-state index in [0.29, 0.717) is 5.92 Å². The molecule has 3 N–H and O–H groups in total. The fourth-order valence-corrected chi connectivity index (χ4v) is 2.44. The van der Waals surface area contributed by atoms with Gasteiger partial charge in [-0.3, -0.25) is 4.79 Å². The second-order valence-corrected chi connectivity index (χ2v) is 4.55. The molecule has 1 amide bonds. The quantitative estimate of drug-likeness (QED) is 0.783. The number of nitrogens with one attached hydrogen (secondary N) is 1. The molecule has 0 aromatic heterocycles. The van der Waals surface area contributed by atoms with Crippen molar-refractivity contribution in [1.29, 1.82) is 0 Å². The number of piperidine rings is 1. The Kier molecular flexibility index (Phi) is 3.25. The fourth-order valence-electron chi connectivity index (χ4n) is 2.44. The van der Waals surface area contributed by atoms with Gasteiger partial charge in [-0.1, -0.05) is 24.3 Å². The average Bonchev–Trinajstić information content (AvgIpc) is 2.30. The topological polar surface area (TPSA) is 55.1 Å². The van der Waals surface area contributed by atoms with E-state index in [4.69, 9.17) is 5.73 Å². The Bertz CT molecular complexity index is 389. The van der Waals surface area contributed by atoms with Gasteiger partial charge < -0.3 is 11.1 Å². The van der Waals surface area contributed by atoms with Gasteiger partial charge in [0, 0.05) is 13.1 Å². The van der Waals surface area contributed by atoms with Crippen molar-refractivity contribution in [3.8, 4) is 0 Å². The van der Waals surface area contributed by atoms with Crippen molar-refractivity contribution in [3.05, 3.63) is 35.4 Å². The van der Waals surface area contributed by atoms with Gasteiger partial charge in [0.2, 0.25) is 5.91 Å². The Hall–Kier alpha value is -1.35. The van der Waals surface area contributed by atoms with Crippen molar-refractivity contribution in [2.45, 2.75) is 19.3 Å². The molecule has 0 saturated carbocycles. The molecule has 1 aromatic carbocycles. The molecule has 16 heavy (non-hydrogen) atoms. The summed E-state index contributed by atoms with van der Waals surface area (Å²) in [4.78, 5) is 11.2. The zero-order valence-corrected chi connectivity index (χ0v) is 9.57. The predicted molar refractivity (Wildman–Crippen MR) is 64.1 cm³/mol. The van der Waals surface area contributed by atoms with Crippen LogP contribution in [0.15, 0.2) is 24.3 Å². The maximum atomic E-state index is 11.2. The summed E-state index contributed by atoms with van der Waals surface area (Å²) in [5, 5.41) is 3.29. The molecule has 1 saturated heterocycles. The molecule has 1 heterocycles. The number of benzene rings is 1. The maximum absolute atomic E-state index is 11.2. The summed E-state index contributed by atoms with van der Waals surface area (Å²) in [5.74, 6) is 0.191. The predicted octanol–water partition coefficient (Wildman–Crippen LogP) is 1.17. The zero-order chi connectivity index (χ0) is 11.5. The van der Waals surface area contributed by atoms with Crippen LogP contribution in [0.2, 0.25) is 0 Å². The highest BCUT2D eigenvalue weighted by molar-refractivity contribution is 5.77. The molecule has 1 aromatic rings. The molecule has 0 radical (unpaired) electrons. The van der Waals surface area contributed by atoms with Crippen LogP contribution in [-0.2, 0) is 4.79 Å². The van der Waals surface area contributed by atoms with Gasteiger partial charge in [-0.25, -0.2) is 0 Å². The van der Waals surface area contributed by atoms with Crippen LogP contribution < -0.4 is 11.1 Å². The molecule has 3 nitrogen and oxygen atoms in total. The minimum atomic E-state index is -0.189. The van der Waals surface area contributed by atoms with E-state index in [2.05, 4.69) is 30.4 Å². The van der Waals surface area contributed by atoms with Crippen LogP contribution in [0.4, 0.5) is 0 Å². The molecule has 1 aliphatic rings. The number of hydrogen-bond acceptors (Lipinski definition) is 2. The first-order chi connectivity index (χ1) is 7.68. The van der Waals surface area contributed by atoms with Crippen LogP contribution in [0, 0.1) is 12.8 Å². The highest BCUT2D eigenvalue weighted by atomic mass is 16.1. The molecule has 2 rings (SSSR count). The number of nitrogens with two attached hydrogens (primary N) is 1. The lowest BCUT2D eigenvalue weighted by Crippen LogP contribution is -2.41. The third-order valence-corrected chi connectivity index (χ3v) is 3.38. The molecule has 0 spiro atoms. The van der Waals surface area contributed by atoms with Crippen molar-refractivity contribution >= 4 is 5.91 Å². The fraction of sp³-hybridized carbons (Fsp3) is 0.462. The van der Waals surface area contributed by atoms with Crippen molar-refractivity contribution in [2.75, 3.05) is 13.1 Å². The summed E-state index contributed by atoms with van der Waals surface area (Å²) in [6.45, 7) is 3.77. The summed E-state index contributed by atoms with van der Waals surface area (Å²) in [6.07, 6.45) is 0.868. The number of carbonyl (C=O) groups excluding carboxylic acids is 1. The van der Waals surface area contributed by atoms with E-state index in [1.54, 1.807) is 0 Å². The van der Waals surface area contributed by atoms with Crippen LogP contribution >= 0.6 is 0 Å². The molecule has 1 fully saturated rings. The molecular weight excluding hydrogens is 200 g/mol. The number of aryl methyl sites for hydroxylation is 1. The highest BCUT2D eigenvalue weighted by Crippen LogP contribution is 2.28. The van der Waals surface area contributed by atoms with Crippen LogP contribution in [0.1, 0.15) is 23.5 Å². The number of hydrogen-bond donors (Lipinski definition) is 2. The van der Waals surface area contributed by atoms with Crippen LogP contribution in [0.3, 0.4) is 0 Å². The Morgan fingerprint density at radius 3 is 2.81 bits per heavy atom. The van der Waals surface area contributed by atoms with Gasteiger partial charge in [0.25, 0.3) is 0 Å². The first-order valence-corrected chi connectivity index (χ1v) is 5.74. The Balaban J connectivity index is 2.16. The maximum Gasteiger partial charge on any atom is 0.221 e. The van der Waals surface area contributed by atoms with E-state index >= 15 is 0 Å². The summed E-state index contributed by atoms with van der Waals surface area (Å²) >= 11 is 0. The van der Waals surface area contributed by atoms with Crippen molar-refractivity contribution in [3.63, 3.8) is 0 Å². The largest absolute Gasteiger partial charge is 0.369 e. The lowest BCUT2D eigenvalue weighted by atomic mass is 9.83. The summed E-state index contributed by atoms with van der Waals surface area (Å²) < 4.78 is 0. The van der Waals surface area contributed by atoms with E-state index in [1.807, 2.05) is 6.07 Å². The van der Waals surface area contributed by atoms with Crippen LogP contribution in [-0.4, -0.2) is 19.0 Å². The van der Waals surface area contributed by atoms with E-state index < -0.39 is 0 Å². The Labute approximate surface area is 96.0 Å². The van der Waals surface area contributed by atoms with Crippen molar-refractivity contribution < 1.29 is 4.79 Å². The summed E-state index contributed by atoms with van der Waals surface area (Å²) in [6, 6.07) is 8.35. The first-order valence-electron chi connectivity index (χ1n) is 5.74. The van der Waals surface area contributed by atoms with E-state index in [1.165, 1.54) is 11.1 Å². The van der Waals surface area contributed by atoms with E-state index in [0.717, 1.165) is 19.5 Å². The second-order valence-electron chi connectivity index (χ2n) is 4.55. The van der Waals surface area contributed by atoms with Crippen molar-refractivity contribution in [1.82, 2.24) is 5.32 Å². The number of carbonyl (C=O) groups is 1. The standard InChI is InChI=1S/C13H18N2O/c1-9-4-2-3-5-12(9)10-6-11(13(14)16)8-15-7-10/h2-5,10-11,15H,6-8H2,1H3,(H2,14,16)/t10-,11-/m1/s1. The lowest BCUT2D eigenvalue weighted by molar-refractivity contribution is -0.122. The molecule has 0 aliphatic carbocycles. The minimum Gasteiger partial charge on any atom is -0.369 e. The van der Waals surface area contributed by atoms with Crippen LogP contribution in [0.25, 0.3) is 0 Å². The lowest BCUT2D eigenvalue weighted by Gasteiger charge is -2.29. The highest BCUT2D eigenvalue weighted by Gasteiger charge is 2.26. The van der Waals surface area contributed by atoms with Gasteiger partial charge in [0.15, 0.2) is 0 Å². The zero-order valence-electron chi connectivity index (χ0n) is 9.57. The average molecular weight is 218 g/mol. The normalized spacial score (nSPS) is 25.3. The molecule has 0 bridgehead atoms. The number of rotatable bonds is 2. The Morgan fingerprint density at radius 2 is 2.12 bits per heavy atom. The molecular formula is C13H18N2O. The van der Waals surface area contributed by atoms with Gasteiger partial charge in [-0.05, 0) is 30.4 Å². The first kappa shape index (κ1) is 11.1. The van der Waals surface area contributed by atoms with Gasteiger partial charge >= 0.3 is 0 Å². The van der Waals surface area contributed by atoms with Gasteiger partial charge in [-0.15, -0.1) is 0 Å². The summed E-state index contributed by atoms with van der Waals surface area (Å²) in [7, 11) is 0. The molecule has 3 heteroatoms. The molecule has 1 aliphatic heterocycles. The SMILES string of the molecule is Cc1ccccc1[C@H]1CNC[C@H](C(N)=O)C1.